The van der Waals surface area contributed by atoms with Gasteiger partial charge in [-0.25, -0.2) is 5.43 Å². The number of rotatable bonds is 6. The SMILES string of the molecule is CCOc1ccc(/C=N/NC(=O)Cc2ccccc2)c(O)c1. The third-order valence-electron chi connectivity index (χ3n) is 2.91. The summed E-state index contributed by atoms with van der Waals surface area (Å²) in [6, 6.07) is 14.3. The van der Waals surface area contributed by atoms with E-state index in [2.05, 4.69) is 10.5 Å². The van der Waals surface area contributed by atoms with Crippen molar-refractivity contribution in [2.75, 3.05) is 6.61 Å². The monoisotopic (exact) mass is 298 g/mol. The number of amides is 1. The molecule has 22 heavy (non-hydrogen) atoms. The first-order valence-electron chi connectivity index (χ1n) is 7.00. The van der Waals surface area contributed by atoms with E-state index in [0.717, 1.165) is 5.56 Å². The molecular weight excluding hydrogens is 280 g/mol. The Labute approximate surface area is 129 Å². The van der Waals surface area contributed by atoms with Crippen LogP contribution in [0, 0.1) is 0 Å². The molecule has 2 aromatic rings. The summed E-state index contributed by atoms with van der Waals surface area (Å²) in [5.74, 6) is 0.421. The summed E-state index contributed by atoms with van der Waals surface area (Å²) in [5.41, 5.74) is 3.85. The molecule has 0 aliphatic carbocycles. The van der Waals surface area contributed by atoms with E-state index in [1.165, 1.54) is 12.3 Å². The largest absolute Gasteiger partial charge is 0.507 e. The first kappa shape index (κ1) is 15.6. The molecule has 0 atom stereocenters. The van der Waals surface area contributed by atoms with Crippen LogP contribution in [0.4, 0.5) is 0 Å². The molecule has 0 fully saturated rings. The van der Waals surface area contributed by atoms with Crippen molar-refractivity contribution in [2.45, 2.75) is 13.3 Å². The molecule has 0 aliphatic rings. The molecule has 2 rings (SSSR count). The van der Waals surface area contributed by atoms with Crippen LogP contribution in [0.1, 0.15) is 18.1 Å². The molecule has 0 aliphatic heterocycles. The number of nitrogens with zero attached hydrogens (tertiary/aromatic N) is 1. The van der Waals surface area contributed by atoms with E-state index in [4.69, 9.17) is 4.74 Å². The normalized spacial score (nSPS) is 10.6. The van der Waals surface area contributed by atoms with Gasteiger partial charge in [-0.05, 0) is 24.6 Å². The number of hydrogen-bond donors (Lipinski definition) is 2. The van der Waals surface area contributed by atoms with Gasteiger partial charge in [-0.1, -0.05) is 30.3 Å². The van der Waals surface area contributed by atoms with Crippen molar-refractivity contribution in [3.63, 3.8) is 0 Å². The zero-order valence-electron chi connectivity index (χ0n) is 12.3. The van der Waals surface area contributed by atoms with E-state index in [0.29, 0.717) is 17.9 Å². The fourth-order valence-electron chi connectivity index (χ4n) is 1.88. The highest BCUT2D eigenvalue weighted by atomic mass is 16.5. The summed E-state index contributed by atoms with van der Waals surface area (Å²) in [5, 5.41) is 13.7. The van der Waals surface area contributed by atoms with Gasteiger partial charge in [-0.2, -0.15) is 5.10 Å². The van der Waals surface area contributed by atoms with Crippen molar-refractivity contribution in [3.8, 4) is 11.5 Å². The average molecular weight is 298 g/mol. The lowest BCUT2D eigenvalue weighted by molar-refractivity contribution is -0.120. The van der Waals surface area contributed by atoms with Crippen molar-refractivity contribution in [1.29, 1.82) is 0 Å². The zero-order valence-corrected chi connectivity index (χ0v) is 12.3. The number of carbonyl (C=O) groups excluding carboxylic acids is 1. The zero-order chi connectivity index (χ0) is 15.8. The predicted octanol–water partition coefficient (Wildman–Crippen LogP) is 2.48. The second kappa shape index (κ2) is 7.83. The maximum Gasteiger partial charge on any atom is 0.244 e. The minimum atomic E-state index is -0.215. The van der Waals surface area contributed by atoms with E-state index in [9.17, 15) is 9.90 Å². The van der Waals surface area contributed by atoms with Gasteiger partial charge < -0.3 is 9.84 Å². The van der Waals surface area contributed by atoms with Crippen LogP contribution in [0.2, 0.25) is 0 Å². The molecule has 0 aromatic heterocycles. The van der Waals surface area contributed by atoms with Crippen molar-refractivity contribution in [1.82, 2.24) is 5.43 Å². The van der Waals surface area contributed by atoms with E-state index < -0.39 is 0 Å². The summed E-state index contributed by atoms with van der Waals surface area (Å²) in [6.07, 6.45) is 1.65. The minimum Gasteiger partial charge on any atom is -0.507 e. The Morgan fingerprint density at radius 2 is 2.05 bits per heavy atom. The number of hydrogen-bond acceptors (Lipinski definition) is 4. The van der Waals surface area contributed by atoms with Crippen LogP contribution >= 0.6 is 0 Å². The highest BCUT2D eigenvalue weighted by Crippen LogP contribution is 2.22. The molecule has 2 N–H and O–H groups in total. The van der Waals surface area contributed by atoms with Crippen LogP contribution in [0.15, 0.2) is 53.6 Å². The Morgan fingerprint density at radius 3 is 2.73 bits per heavy atom. The molecule has 0 saturated heterocycles. The Morgan fingerprint density at radius 1 is 1.27 bits per heavy atom. The first-order valence-corrected chi connectivity index (χ1v) is 7.00. The Bertz CT molecular complexity index is 654. The van der Waals surface area contributed by atoms with Crippen molar-refractivity contribution in [3.05, 3.63) is 59.7 Å². The number of carbonyl (C=O) groups is 1. The van der Waals surface area contributed by atoms with Crippen LogP contribution in [-0.4, -0.2) is 23.8 Å². The van der Waals surface area contributed by atoms with E-state index in [-0.39, 0.29) is 18.1 Å². The van der Waals surface area contributed by atoms with Crippen molar-refractivity contribution in [2.24, 2.45) is 5.10 Å². The summed E-state index contributed by atoms with van der Waals surface area (Å²) in [6.45, 7) is 2.40. The molecule has 0 unspecified atom stereocenters. The van der Waals surface area contributed by atoms with Gasteiger partial charge in [0.2, 0.25) is 5.91 Å². The molecule has 114 valence electrons. The van der Waals surface area contributed by atoms with Crippen LogP contribution in [-0.2, 0) is 11.2 Å². The van der Waals surface area contributed by atoms with Gasteiger partial charge in [-0.15, -0.1) is 0 Å². The number of aromatic hydroxyl groups is 1. The molecule has 5 heteroatoms. The van der Waals surface area contributed by atoms with Crippen LogP contribution in [0.5, 0.6) is 11.5 Å². The molecule has 1 amide bonds. The molecule has 5 nitrogen and oxygen atoms in total. The molecular formula is C17H18N2O3. The van der Waals surface area contributed by atoms with Gasteiger partial charge in [0.1, 0.15) is 11.5 Å². The van der Waals surface area contributed by atoms with Crippen molar-refractivity contribution < 1.29 is 14.6 Å². The third kappa shape index (κ3) is 4.63. The van der Waals surface area contributed by atoms with Gasteiger partial charge in [0, 0.05) is 11.6 Å². The average Bonchev–Trinajstić information content (AvgIpc) is 2.51. The second-order valence-corrected chi connectivity index (χ2v) is 4.61. The second-order valence-electron chi connectivity index (χ2n) is 4.61. The lowest BCUT2D eigenvalue weighted by atomic mass is 10.1. The molecule has 0 spiro atoms. The van der Waals surface area contributed by atoms with E-state index in [1.807, 2.05) is 37.3 Å². The highest BCUT2D eigenvalue weighted by Gasteiger charge is 2.03. The lowest BCUT2D eigenvalue weighted by Crippen LogP contribution is -2.19. The lowest BCUT2D eigenvalue weighted by Gasteiger charge is -2.05. The Hall–Kier alpha value is -2.82. The van der Waals surface area contributed by atoms with Gasteiger partial charge in [-0.3, -0.25) is 4.79 Å². The summed E-state index contributed by atoms with van der Waals surface area (Å²) >= 11 is 0. The van der Waals surface area contributed by atoms with Gasteiger partial charge >= 0.3 is 0 Å². The minimum absolute atomic E-state index is 0.0482. The van der Waals surface area contributed by atoms with Crippen molar-refractivity contribution >= 4 is 12.1 Å². The Balaban J connectivity index is 1.90. The molecule has 0 heterocycles. The predicted molar refractivity (Wildman–Crippen MR) is 85.2 cm³/mol. The third-order valence-corrected chi connectivity index (χ3v) is 2.91. The number of phenolic OH excluding ortho intramolecular Hbond substituents is 1. The quantitative estimate of drug-likeness (QED) is 0.636. The number of hydrazone groups is 1. The summed E-state index contributed by atoms with van der Waals surface area (Å²) < 4.78 is 5.28. The number of benzene rings is 2. The summed E-state index contributed by atoms with van der Waals surface area (Å²) in [4.78, 5) is 11.7. The van der Waals surface area contributed by atoms with Gasteiger partial charge in [0.25, 0.3) is 0 Å². The molecule has 2 aromatic carbocycles. The number of ether oxygens (including phenoxy) is 1. The maximum absolute atomic E-state index is 11.7. The highest BCUT2D eigenvalue weighted by molar-refractivity contribution is 5.85. The van der Waals surface area contributed by atoms with Crippen LogP contribution in [0.25, 0.3) is 0 Å². The van der Waals surface area contributed by atoms with Gasteiger partial charge in [0.05, 0.1) is 19.2 Å². The van der Waals surface area contributed by atoms with Gasteiger partial charge in [0.15, 0.2) is 0 Å². The smallest absolute Gasteiger partial charge is 0.244 e. The fraction of sp³-hybridized carbons (Fsp3) is 0.176. The Kier molecular flexibility index (Phi) is 5.54. The fourth-order valence-corrected chi connectivity index (χ4v) is 1.88. The maximum atomic E-state index is 11.7. The first-order chi connectivity index (χ1) is 10.7. The standard InChI is InChI=1S/C17H18N2O3/c1-2-22-15-9-8-14(16(20)11-15)12-18-19-17(21)10-13-6-4-3-5-7-13/h3-9,11-12,20H,2,10H2,1H3,(H,19,21)/b18-12+. The molecule has 0 bridgehead atoms. The van der Waals surface area contributed by atoms with Crippen LogP contribution < -0.4 is 10.2 Å². The number of nitrogens with one attached hydrogen (secondary N) is 1. The number of phenols is 1. The molecule has 0 saturated carbocycles. The van der Waals surface area contributed by atoms with Crippen LogP contribution in [0.3, 0.4) is 0 Å². The topological polar surface area (TPSA) is 70.9 Å². The van der Waals surface area contributed by atoms with E-state index >= 15 is 0 Å². The summed E-state index contributed by atoms with van der Waals surface area (Å²) in [7, 11) is 0. The molecule has 0 radical (unpaired) electrons. The van der Waals surface area contributed by atoms with E-state index in [1.54, 1.807) is 12.1 Å².